The summed E-state index contributed by atoms with van der Waals surface area (Å²) in [6.07, 6.45) is 0. The number of hydrogen-bond donors (Lipinski definition) is 1. The van der Waals surface area contributed by atoms with Gasteiger partial charge >= 0.3 is 0 Å². The molecule has 0 aromatic carbocycles. The SMILES string of the molecule is C=C(C)CNC(C(=O)N1CCOCC1)C(C)C. The first-order valence-electron chi connectivity index (χ1n) is 6.26. The smallest absolute Gasteiger partial charge is 0.240 e. The van der Waals surface area contributed by atoms with Crippen LogP contribution < -0.4 is 5.32 Å². The molecule has 17 heavy (non-hydrogen) atoms. The average Bonchev–Trinajstić information content (AvgIpc) is 2.29. The standard InChI is InChI=1S/C13H24N2O2/c1-10(2)9-14-12(11(3)4)13(16)15-5-7-17-8-6-15/h11-12,14H,1,5-9H2,2-4H3. The van der Waals surface area contributed by atoms with Gasteiger partial charge in [-0.15, -0.1) is 0 Å². The third-order valence-electron chi connectivity index (χ3n) is 2.88. The summed E-state index contributed by atoms with van der Waals surface area (Å²) in [6, 6.07) is -0.121. The van der Waals surface area contributed by atoms with Gasteiger partial charge in [-0.1, -0.05) is 26.0 Å². The quantitative estimate of drug-likeness (QED) is 0.730. The Hall–Kier alpha value is -0.870. The Morgan fingerprint density at radius 2 is 2.00 bits per heavy atom. The van der Waals surface area contributed by atoms with E-state index in [2.05, 4.69) is 25.7 Å². The van der Waals surface area contributed by atoms with Crippen molar-refractivity contribution in [3.05, 3.63) is 12.2 Å². The summed E-state index contributed by atoms with van der Waals surface area (Å²) in [5.41, 5.74) is 1.05. The molecule has 1 fully saturated rings. The minimum absolute atomic E-state index is 0.121. The van der Waals surface area contributed by atoms with Gasteiger partial charge in [0.25, 0.3) is 0 Å². The van der Waals surface area contributed by atoms with E-state index in [0.29, 0.717) is 32.8 Å². The number of carbonyl (C=O) groups excluding carboxylic acids is 1. The van der Waals surface area contributed by atoms with Crippen molar-refractivity contribution in [2.24, 2.45) is 5.92 Å². The van der Waals surface area contributed by atoms with Crippen molar-refractivity contribution in [1.29, 1.82) is 0 Å². The number of rotatable bonds is 5. The summed E-state index contributed by atoms with van der Waals surface area (Å²) < 4.78 is 5.26. The molecule has 1 aliphatic heterocycles. The lowest BCUT2D eigenvalue weighted by atomic mass is 10.0. The summed E-state index contributed by atoms with van der Waals surface area (Å²) in [5, 5.41) is 3.28. The van der Waals surface area contributed by atoms with Gasteiger partial charge in [-0.3, -0.25) is 4.79 Å². The fourth-order valence-corrected chi connectivity index (χ4v) is 1.87. The van der Waals surface area contributed by atoms with Crippen LogP contribution in [0.3, 0.4) is 0 Å². The lowest BCUT2D eigenvalue weighted by Crippen LogP contribution is -2.52. The average molecular weight is 240 g/mol. The Morgan fingerprint density at radius 1 is 1.41 bits per heavy atom. The highest BCUT2D eigenvalue weighted by atomic mass is 16.5. The second-order valence-corrected chi connectivity index (χ2v) is 5.00. The first-order valence-corrected chi connectivity index (χ1v) is 6.26. The van der Waals surface area contributed by atoms with Gasteiger partial charge in [0.15, 0.2) is 0 Å². The normalized spacial score (nSPS) is 18.2. The van der Waals surface area contributed by atoms with Crippen molar-refractivity contribution in [2.45, 2.75) is 26.8 Å². The molecular formula is C13H24N2O2. The summed E-state index contributed by atoms with van der Waals surface area (Å²) >= 11 is 0. The third-order valence-corrected chi connectivity index (χ3v) is 2.88. The third kappa shape index (κ3) is 4.48. The Morgan fingerprint density at radius 3 is 2.47 bits per heavy atom. The molecule has 1 heterocycles. The van der Waals surface area contributed by atoms with E-state index in [1.807, 2.05) is 11.8 Å². The van der Waals surface area contributed by atoms with Crippen LogP contribution in [0.15, 0.2) is 12.2 Å². The first kappa shape index (κ1) is 14.2. The molecule has 1 aliphatic rings. The maximum atomic E-state index is 12.3. The lowest BCUT2D eigenvalue weighted by Gasteiger charge is -2.32. The molecule has 4 heteroatoms. The van der Waals surface area contributed by atoms with E-state index in [0.717, 1.165) is 5.57 Å². The maximum Gasteiger partial charge on any atom is 0.240 e. The monoisotopic (exact) mass is 240 g/mol. The van der Waals surface area contributed by atoms with Crippen molar-refractivity contribution in [3.63, 3.8) is 0 Å². The Bertz CT molecular complexity index is 271. The van der Waals surface area contributed by atoms with Crippen LogP contribution in [0.25, 0.3) is 0 Å². The molecule has 1 atom stereocenters. The van der Waals surface area contributed by atoms with Crippen molar-refractivity contribution >= 4 is 5.91 Å². The molecular weight excluding hydrogens is 216 g/mol. The van der Waals surface area contributed by atoms with Crippen LogP contribution in [0.1, 0.15) is 20.8 Å². The molecule has 1 unspecified atom stereocenters. The van der Waals surface area contributed by atoms with Crippen LogP contribution in [0.4, 0.5) is 0 Å². The zero-order valence-corrected chi connectivity index (χ0v) is 11.2. The maximum absolute atomic E-state index is 12.3. The highest BCUT2D eigenvalue weighted by Gasteiger charge is 2.27. The summed E-state index contributed by atoms with van der Waals surface area (Å²) in [4.78, 5) is 14.2. The van der Waals surface area contributed by atoms with Crippen molar-refractivity contribution in [2.75, 3.05) is 32.8 Å². The zero-order valence-electron chi connectivity index (χ0n) is 11.2. The molecule has 0 aliphatic carbocycles. The predicted octanol–water partition coefficient (Wildman–Crippen LogP) is 1.04. The van der Waals surface area contributed by atoms with Crippen LogP contribution in [-0.2, 0) is 9.53 Å². The molecule has 0 aromatic heterocycles. The highest BCUT2D eigenvalue weighted by Crippen LogP contribution is 2.08. The molecule has 0 radical (unpaired) electrons. The second kappa shape index (κ2) is 6.77. The molecule has 0 spiro atoms. The number of ether oxygens (including phenoxy) is 1. The topological polar surface area (TPSA) is 41.6 Å². The number of amides is 1. The van der Waals surface area contributed by atoms with E-state index in [1.54, 1.807) is 0 Å². The molecule has 0 saturated carbocycles. The van der Waals surface area contributed by atoms with Crippen molar-refractivity contribution < 1.29 is 9.53 Å². The van der Waals surface area contributed by atoms with Gasteiger partial charge in [0, 0.05) is 19.6 Å². The minimum Gasteiger partial charge on any atom is -0.378 e. The zero-order chi connectivity index (χ0) is 12.8. The summed E-state index contributed by atoms with van der Waals surface area (Å²) in [6.45, 7) is 13.3. The lowest BCUT2D eigenvalue weighted by molar-refractivity contribution is -0.138. The second-order valence-electron chi connectivity index (χ2n) is 5.00. The molecule has 4 nitrogen and oxygen atoms in total. The number of hydrogen-bond acceptors (Lipinski definition) is 3. The molecule has 98 valence electrons. The Labute approximate surface area is 104 Å². The summed E-state index contributed by atoms with van der Waals surface area (Å²) in [5.74, 6) is 0.467. The summed E-state index contributed by atoms with van der Waals surface area (Å²) in [7, 11) is 0. The van der Waals surface area contributed by atoms with Gasteiger partial charge < -0.3 is 15.0 Å². The van der Waals surface area contributed by atoms with E-state index < -0.39 is 0 Å². The van der Waals surface area contributed by atoms with Gasteiger partial charge in [-0.2, -0.15) is 0 Å². The number of nitrogens with zero attached hydrogens (tertiary/aromatic N) is 1. The molecule has 1 saturated heterocycles. The first-order chi connectivity index (χ1) is 8.02. The van der Waals surface area contributed by atoms with E-state index >= 15 is 0 Å². The van der Waals surface area contributed by atoms with Gasteiger partial charge in [-0.25, -0.2) is 0 Å². The Kier molecular flexibility index (Phi) is 5.65. The van der Waals surface area contributed by atoms with Crippen LogP contribution in [0.2, 0.25) is 0 Å². The molecule has 0 bridgehead atoms. The predicted molar refractivity (Wildman–Crippen MR) is 68.8 cm³/mol. The van der Waals surface area contributed by atoms with Gasteiger partial charge in [-0.05, 0) is 12.8 Å². The van der Waals surface area contributed by atoms with Crippen molar-refractivity contribution in [1.82, 2.24) is 10.2 Å². The van der Waals surface area contributed by atoms with Gasteiger partial charge in [0.2, 0.25) is 5.91 Å². The van der Waals surface area contributed by atoms with E-state index in [4.69, 9.17) is 4.74 Å². The molecule has 1 amide bonds. The fraction of sp³-hybridized carbons (Fsp3) is 0.769. The van der Waals surface area contributed by atoms with Gasteiger partial charge in [0.05, 0.1) is 19.3 Å². The van der Waals surface area contributed by atoms with Crippen molar-refractivity contribution in [3.8, 4) is 0 Å². The van der Waals surface area contributed by atoms with E-state index in [9.17, 15) is 4.79 Å². The fourth-order valence-electron chi connectivity index (χ4n) is 1.87. The minimum atomic E-state index is -0.121. The molecule has 0 aromatic rings. The van der Waals surface area contributed by atoms with Crippen LogP contribution in [-0.4, -0.2) is 49.7 Å². The number of morpholine rings is 1. The van der Waals surface area contributed by atoms with Gasteiger partial charge in [0.1, 0.15) is 0 Å². The van der Waals surface area contributed by atoms with E-state index in [1.165, 1.54) is 0 Å². The van der Waals surface area contributed by atoms with E-state index in [-0.39, 0.29) is 17.9 Å². The number of carbonyl (C=O) groups is 1. The van der Waals surface area contributed by atoms with Crippen LogP contribution >= 0.6 is 0 Å². The number of nitrogens with one attached hydrogen (secondary N) is 1. The largest absolute Gasteiger partial charge is 0.378 e. The van der Waals surface area contributed by atoms with Crippen LogP contribution in [0, 0.1) is 5.92 Å². The molecule has 1 N–H and O–H groups in total. The highest BCUT2D eigenvalue weighted by molar-refractivity contribution is 5.82. The van der Waals surface area contributed by atoms with Crippen LogP contribution in [0.5, 0.6) is 0 Å². The molecule has 1 rings (SSSR count). The Balaban J connectivity index is 2.55.